The zero-order valence-corrected chi connectivity index (χ0v) is 20.1. The molecule has 3 heterocycles. The van der Waals surface area contributed by atoms with Gasteiger partial charge >= 0.3 is 6.09 Å². The van der Waals surface area contributed by atoms with Crippen LogP contribution in [0, 0.1) is 11.8 Å². The van der Waals surface area contributed by atoms with Gasteiger partial charge in [0.2, 0.25) is 0 Å². The first-order valence-corrected chi connectivity index (χ1v) is 12.5. The quantitative estimate of drug-likeness (QED) is 0.730. The minimum absolute atomic E-state index is 0.164. The lowest BCUT2D eigenvalue weighted by Gasteiger charge is -2.49. The fourth-order valence-corrected chi connectivity index (χ4v) is 6.20. The van der Waals surface area contributed by atoms with Gasteiger partial charge in [0.25, 0.3) is 0 Å². The number of likely N-dealkylation sites (tertiary alicyclic amines) is 1. The smallest absolute Gasteiger partial charge is 0.410 e. The molecule has 4 aliphatic rings. The van der Waals surface area contributed by atoms with Crippen LogP contribution >= 0.6 is 0 Å². The molecule has 178 valence electrons. The third-order valence-corrected chi connectivity index (χ3v) is 7.68. The standard InChI is InChI=1S/C24H44N4O3/c1-24(2,3)31-23(29)28-16-18(17-28)15-26-11-6-12-27(14-13-26)22-20(30-4)9-8-19-7-5-10-25-21(19)22/h18-22,25H,5-17H2,1-4H3. The minimum atomic E-state index is -0.415. The topological polar surface area (TPSA) is 57.3 Å². The molecule has 3 saturated heterocycles. The predicted molar refractivity (Wildman–Crippen MR) is 122 cm³/mol. The molecule has 0 aromatic rings. The molecule has 7 nitrogen and oxygen atoms in total. The molecule has 0 aromatic heterocycles. The van der Waals surface area contributed by atoms with Crippen molar-refractivity contribution in [2.24, 2.45) is 11.8 Å². The Morgan fingerprint density at radius 1 is 1.03 bits per heavy atom. The highest BCUT2D eigenvalue weighted by molar-refractivity contribution is 5.69. The van der Waals surface area contributed by atoms with Gasteiger partial charge in [0.15, 0.2) is 0 Å². The van der Waals surface area contributed by atoms with E-state index in [1.165, 1.54) is 38.6 Å². The molecule has 0 spiro atoms. The summed E-state index contributed by atoms with van der Waals surface area (Å²) in [6.07, 6.45) is 6.61. The maximum Gasteiger partial charge on any atom is 0.410 e. The van der Waals surface area contributed by atoms with Gasteiger partial charge in [0, 0.05) is 51.8 Å². The molecular weight excluding hydrogens is 392 g/mol. The van der Waals surface area contributed by atoms with E-state index in [1.807, 2.05) is 32.8 Å². The molecule has 3 aliphatic heterocycles. The molecule has 0 radical (unpaired) electrons. The molecule has 4 unspecified atom stereocenters. The molecule has 0 aromatic carbocycles. The van der Waals surface area contributed by atoms with Gasteiger partial charge in [0.05, 0.1) is 12.1 Å². The lowest BCUT2D eigenvalue weighted by molar-refractivity contribution is -0.0491. The summed E-state index contributed by atoms with van der Waals surface area (Å²) in [5, 5.41) is 3.86. The van der Waals surface area contributed by atoms with Gasteiger partial charge in [-0.25, -0.2) is 4.79 Å². The third kappa shape index (κ3) is 5.73. The fraction of sp³-hybridized carbons (Fsp3) is 0.958. The highest BCUT2D eigenvalue weighted by Gasteiger charge is 2.44. The molecule has 4 rings (SSSR count). The Morgan fingerprint density at radius 2 is 1.84 bits per heavy atom. The van der Waals surface area contributed by atoms with Crippen molar-refractivity contribution >= 4 is 6.09 Å². The van der Waals surface area contributed by atoms with Crippen molar-refractivity contribution in [1.82, 2.24) is 20.0 Å². The third-order valence-electron chi connectivity index (χ3n) is 7.68. The first-order valence-electron chi connectivity index (χ1n) is 12.5. The number of nitrogens with one attached hydrogen (secondary N) is 1. The second-order valence-electron chi connectivity index (χ2n) is 11.2. The molecule has 0 bridgehead atoms. The number of carbonyl (C=O) groups excluding carboxylic acids is 1. The van der Waals surface area contributed by atoms with Crippen LogP contribution in [-0.4, -0.2) is 104 Å². The van der Waals surface area contributed by atoms with Crippen LogP contribution in [0.3, 0.4) is 0 Å². The number of methoxy groups -OCH3 is 1. The van der Waals surface area contributed by atoms with Gasteiger partial charge in [0.1, 0.15) is 5.60 Å². The first-order chi connectivity index (χ1) is 14.8. The van der Waals surface area contributed by atoms with Crippen LogP contribution < -0.4 is 5.32 Å². The van der Waals surface area contributed by atoms with Crippen molar-refractivity contribution in [2.45, 2.75) is 76.7 Å². The minimum Gasteiger partial charge on any atom is -0.444 e. The highest BCUT2D eigenvalue weighted by atomic mass is 16.6. The first kappa shape index (κ1) is 23.3. The lowest BCUT2D eigenvalue weighted by atomic mass is 9.74. The Hall–Kier alpha value is -0.890. The molecule has 31 heavy (non-hydrogen) atoms. The van der Waals surface area contributed by atoms with E-state index >= 15 is 0 Å². The summed E-state index contributed by atoms with van der Waals surface area (Å²) in [6.45, 7) is 14.3. The molecule has 4 fully saturated rings. The number of fused-ring (bicyclic) bond motifs is 1. The normalized spacial score (nSPS) is 34.0. The number of ether oxygens (including phenoxy) is 2. The van der Waals surface area contributed by atoms with Crippen LogP contribution in [0.4, 0.5) is 4.79 Å². The zero-order valence-electron chi connectivity index (χ0n) is 20.1. The average Bonchev–Trinajstić information content (AvgIpc) is 2.93. The highest BCUT2D eigenvalue weighted by Crippen LogP contribution is 2.35. The Morgan fingerprint density at radius 3 is 2.58 bits per heavy atom. The fourth-order valence-electron chi connectivity index (χ4n) is 6.20. The molecule has 1 amide bonds. The van der Waals surface area contributed by atoms with Crippen LogP contribution in [0.2, 0.25) is 0 Å². The van der Waals surface area contributed by atoms with E-state index in [0.29, 0.717) is 24.1 Å². The predicted octanol–water partition coefficient (Wildman–Crippen LogP) is 2.41. The van der Waals surface area contributed by atoms with Crippen molar-refractivity contribution in [3.8, 4) is 0 Å². The van der Waals surface area contributed by atoms with E-state index in [0.717, 1.165) is 51.7 Å². The van der Waals surface area contributed by atoms with Crippen LogP contribution in [0.5, 0.6) is 0 Å². The number of hydrogen-bond acceptors (Lipinski definition) is 6. The van der Waals surface area contributed by atoms with Crippen LogP contribution in [0.25, 0.3) is 0 Å². The van der Waals surface area contributed by atoms with E-state index in [1.54, 1.807) is 0 Å². The summed E-state index contributed by atoms with van der Waals surface area (Å²) in [5.41, 5.74) is -0.415. The Balaban J connectivity index is 1.26. The molecule has 1 aliphatic carbocycles. The molecule has 7 heteroatoms. The number of piperidine rings is 1. The van der Waals surface area contributed by atoms with Crippen molar-refractivity contribution < 1.29 is 14.3 Å². The van der Waals surface area contributed by atoms with E-state index in [-0.39, 0.29) is 6.09 Å². The monoisotopic (exact) mass is 436 g/mol. The van der Waals surface area contributed by atoms with Crippen LogP contribution in [0.1, 0.15) is 52.9 Å². The van der Waals surface area contributed by atoms with Gasteiger partial charge in [-0.3, -0.25) is 4.90 Å². The van der Waals surface area contributed by atoms with Crippen molar-refractivity contribution in [3.05, 3.63) is 0 Å². The summed E-state index contributed by atoms with van der Waals surface area (Å²) in [5.74, 6) is 1.39. The number of rotatable bonds is 4. The SMILES string of the molecule is COC1CCC2CCCNC2C1N1CCCN(CC2CN(C(=O)OC(C)(C)C)C2)CC1. The largest absolute Gasteiger partial charge is 0.444 e. The number of amides is 1. The van der Waals surface area contributed by atoms with Gasteiger partial charge in [-0.05, 0) is 78.4 Å². The van der Waals surface area contributed by atoms with Crippen molar-refractivity contribution in [3.63, 3.8) is 0 Å². The molecule has 1 saturated carbocycles. The van der Waals surface area contributed by atoms with Gasteiger partial charge in [-0.2, -0.15) is 0 Å². The van der Waals surface area contributed by atoms with Gasteiger partial charge in [-0.15, -0.1) is 0 Å². The van der Waals surface area contributed by atoms with Gasteiger partial charge in [-0.1, -0.05) is 0 Å². The summed E-state index contributed by atoms with van der Waals surface area (Å²) in [6, 6.07) is 1.10. The number of hydrogen-bond donors (Lipinski definition) is 1. The summed E-state index contributed by atoms with van der Waals surface area (Å²) >= 11 is 0. The summed E-state index contributed by atoms with van der Waals surface area (Å²) < 4.78 is 11.5. The molecule has 1 N–H and O–H groups in total. The Bertz CT molecular complexity index is 604. The van der Waals surface area contributed by atoms with Crippen molar-refractivity contribution in [1.29, 1.82) is 0 Å². The summed E-state index contributed by atoms with van der Waals surface area (Å²) in [7, 11) is 1.90. The van der Waals surface area contributed by atoms with Crippen LogP contribution in [-0.2, 0) is 9.47 Å². The second kappa shape index (κ2) is 9.94. The number of carbonyl (C=O) groups is 1. The van der Waals surface area contributed by atoms with E-state index in [2.05, 4.69) is 15.1 Å². The Kier molecular flexibility index (Phi) is 7.46. The number of nitrogens with zero attached hydrogens (tertiary/aromatic N) is 3. The van der Waals surface area contributed by atoms with Gasteiger partial charge < -0.3 is 24.6 Å². The average molecular weight is 437 g/mol. The maximum atomic E-state index is 12.2. The molecular formula is C24H44N4O3. The van der Waals surface area contributed by atoms with Crippen molar-refractivity contribution in [2.75, 3.05) is 59.5 Å². The summed E-state index contributed by atoms with van der Waals surface area (Å²) in [4.78, 5) is 19.4. The van der Waals surface area contributed by atoms with E-state index < -0.39 is 5.60 Å². The lowest BCUT2D eigenvalue weighted by Crippen LogP contribution is -2.63. The zero-order chi connectivity index (χ0) is 22.0. The van der Waals surface area contributed by atoms with E-state index in [9.17, 15) is 4.79 Å². The second-order valence-corrected chi connectivity index (χ2v) is 11.2. The Labute approximate surface area is 188 Å². The maximum absolute atomic E-state index is 12.2. The van der Waals surface area contributed by atoms with Crippen LogP contribution in [0.15, 0.2) is 0 Å². The van der Waals surface area contributed by atoms with E-state index in [4.69, 9.17) is 9.47 Å². The molecule has 4 atom stereocenters.